The van der Waals surface area contributed by atoms with Crippen LogP contribution in [0.5, 0.6) is 0 Å². The zero-order valence-corrected chi connectivity index (χ0v) is 9.67. The van der Waals surface area contributed by atoms with Gasteiger partial charge in [0.2, 0.25) is 10.0 Å². The van der Waals surface area contributed by atoms with Gasteiger partial charge in [0.1, 0.15) is 0 Å². The predicted molar refractivity (Wildman–Crippen MR) is 58.6 cm³/mol. The molecule has 0 saturated carbocycles. The maximum atomic E-state index is 11.1. The molecule has 88 valence electrons. The Morgan fingerprint density at radius 3 is 2.56 bits per heavy atom. The van der Waals surface area contributed by atoms with Crippen LogP contribution in [-0.2, 0) is 14.8 Å². The van der Waals surface area contributed by atoms with Crippen LogP contribution >= 0.6 is 0 Å². The van der Waals surface area contributed by atoms with Crippen molar-refractivity contribution in [2.24, 2.45) is 5.14 Å². The highest BCUT2D eigenvalue weighted by Gasteiger charge is 2.11. The molecule has 0 radical (unpaired) electrons. The summed E-state index contributed by atoms with van der Waals surface area (Å²) < 4.78 is 26.6. The molecule has 0 bridgehead atoms. The van der Waals surface area contributed by atoms with Crippen LogP contribution < -0.4 is 10.5 Å². The normalized spacial score (nSPS) is 10.9. The minimum Gasteiger partial charge on any atom is -0.453 e. The molecule has 3 N–H and O–H groups in total. The number of benzene rings is 1. The van der Waals surface area contributed by atoms with Gasteiger partial charge in [0.25, 0.3) is 0 Å². The third-order valence-electron chi connectivity index (χ3n) is 1.96. The summed E-state index contributed by atoms with van der Waals surface area (Å²) >= 11 is 0. The lowest BCUT2D eigenvalue weighted by atomic mass is 10.2. The highest BCUT2D eigenvalue weighted by Crippen LogP contribution is 2.19. The lowest BCUT2D eigenvalue weighted by molar-refractivity contribution is 0.187. The molecule has 0 atom stereocenters. The smallest absolute Gasteiger partial charge is 0.411 e. The summed E-state index contributed by atoms with van der Waals surface area (Å²) in [6.07, 6.45) is -0.672. The van der Waals surface area contributed by atoms with Gasteiger partial charge in [-0.05, 0) is 24.6 Å². The summed E-state index contributed by atoms with van der Waals surface area (Å²) in [7, 11) is -2.56. The standard InChI is InChI=1S/C9H12N2O4S/c1-6-3-4-7(16(10,13)14)5-8(6)11-9(12)15-2/h3-5H,1-2H3,(H,11,12)(H2,10,13,14). The molecule has 1 aromatic carbocycles. The first-order valence-corrected chi connectivity index (χ1v) is 5.87. The molecular weight excluding hydrogens is 232 g/mol. The average Bonchev–Trinajstić information content (AvgIpc) is 2.19. The van der Waals surface area contributed by atoms with Gasteiger partial charge >= 0.3 is 6.09 Å². The van der Waals surface area contributed by atoms with Gasteiger partial charge in [-0.2, -0.15) is 0 Å². The van der Waals surface area contributed by atoms with E-state index >= 15 is 0 Å². The van der Waals surface area contributed by atoms with Crippen molar-refractivity contribution in [1.82, 2.24) is 0 Å². The average molecular weight is 244 g/mol. The van der Waals surface area contributed by atoms with E-state index in [-0.39, 0.29) is 4.90 Å². The Balaban J connectivity index is 3.14. The van der Waals surface area contributed by atoms with Crippen molar-refractivity contribution in [1.29, 1.82) is 0 Å². The molecule has 0 aliphatic heterocycles. The predicted octanol–water partition coefficient (Wildman–Crippen LogP) is 0.821. The third-order valence-corrected chi connectivity index (χ3v) is 2.87. The Bertz CT molecular complexity index is 510. The molecule has 1 amide bonds. The SMILES string of the molecule is COC(=O)Nc1cc(S(N)(=O)=O)ccc1C. The van der Waals surface area contributed by atoms with Gasteiger partial charge in [-0.1, -0.05) is 6.07 Å². The lowest BCUT2D eigenvalue weighted by Gasteiger charge is -2.08. The Morgan fingerprint density at radius 2 is 2.06 bits per heavy atom. The number of carbonyl (C=O) groups is 1. The van der Waals surface area contributed by atoms with Crippen LogP contribution in [-0.4, -0.2) is 21.6 Å². The number of nitrogens with two attached hydrogens (primary N) is 1. The molecule has 6 nitrogen and oxygen atoms in total. The van der Waals surface area contributed by atoms with Crippen molar-refractivity contribution in [3.8, 4) is 0 Å². The largest absolute Gasteiger partial charge is 0.453 e. The van der Waals surface area contributed by atoms with Gasteiger partial charge in [0.15, 0.2) is 0 Å². The molecule has 1 aromatic rings. The number of amides is 1. The fourth-order valence-corrected chi connectivity index (χ4v) is 1.61. The maximum Gasteiger partial charge on any atom is 0.411 e. The first-order chi connectivity index (χ1) is 7.34. The molecule has 0 aliphatic carbocycles. The molecule has 0 aliphatic rings. The van der Waals surface area contributed by atoms with Crippen LogP contribution in [0.25, 0.3) is 0 Å². The molecule has 16 heavy (non-hydrogen) atoms. The summed E-state index contributed by atoms with van der Waals surface area (Å²) in [5.41, 5.74) is 1.05. The molecule has 0 fully saturated rings. The zero-order chi connectivity index (χ0) is 12.3. The van der Waals surface area contributed by atoms with Gasteiger partial charge in [-0.3, -0.25) is 5.32 Å². The van der Waals surface area contributed by atoms with Crippen molar-refractivity contribution in [3.05, 3.63) is 23.8 Å². The molecule has 0 spiro atoms. The van der Waals surface area contributed by atoms with E-state index in [1.807, 2.05) is 0 Å². The Hall–Kier alpha value is -1.60. The minimum atomic E-state index is -3.78. The van der Waals surface area contributed by atoms with Crippen LogP contribution in [0.3, 0.4) is 0 Å². The van der Waals surface area contributed by atoms with Gasteiger partial charge < -0.3 is 4.74 Å². The van der Waals surface area contributed by atoms with Crippen LogP contribution in [0.2, 0.25) is 0 Å². The molecule has 0 heterocycles. The highest BCUT2D eigenvalue weighted by atomic mass is 32.2. The number of methoxy groups -OCH3 is 1. The van der Waals surface area contributed by atoms with Crippen LogP contribution in [0.1, 0.15) is 5.56 Å². The lowest BCUT2D eigenvalue weighted by Crippen LogP contribution is -2.15. The van der Waals surface area contributed by atoms with Crippen LogP contribution in [0.4, 0.5) is 10.5 Å². The van der Waals surface area contributed by atoms with E-state index in [9.17, 15) is 13.2 Å². The van der Waals surface area contributed by atoms with Crippen molar-refractivity contribution >= 4 is 21.8 Å². The molecular formula is C9H12N2O4S. The van der Waals surface area contributed by atoms with Gasteiger partial charge in [-0.15, -0.1) is 0 Å². The van der Waals surface area contributed by atoms with Gasteiger partial charge in [0, 0.05) is 5.69 Å². The van der Waals surface area contributed by atoms with E-state index in [0.717, 1.165) is 0 Å². The summed E-state index contributed by atoms with van der Waals surface area (Å²) in [6, 6.07) is 4.19. The first kappa shape index (κ1) is 12.5. The number of hydrogen-bond acceptors (Lipinski definition) is 4. The van der Waals surface area contributed by atoms with E-state index < -0.39 is 16.1 Å². The number of carbonyl (C=O) groups excluding carboxylic acids is 1. The van der Waals surface area contributed by atoms with E-state index in [2.05, 4.69) is 10.1 Å². The van der Waals surface area contributed by atoms with E-state index in [0.29, 0.717) is 11.3 Å². The fourth-order valence-electron chi connectivity index (χ4n) is 1.07. The van der Waals surface area contributed by atoms with Crippen molar-refractivity contribution in [2.45, 2.75) is 11.8 Å². The number of anilines is 1. The summed E-state index contributed by atoms with van der Waals surface area (Å²) in [4.78, 5) is 10.9. The second kappa shape index (κ2) is 4.50. The van der Waals surface area contributed by atoms with Crippen molar-refractivity contribution < 1.29 is 17.9 Å². The zero-order valence-electron chi connectivity index (χ0n) is 8.85. The van der Waals surface area contributed by atoms with Crippen LogP contribution in [0, 0.1) is 6.92 Å². The fraction of sp³-hybridized carbons (Fsp3) is 0.222. The second-order valence-electron chi connectivity index (χ2n) is 3.14. The summed E-state index contributed by atoms with van der Waals surface area (Å²) in [6.45, 7) is 1.72. The molecule has 0 saturated heterocycles. The summed E-state index contributed by atoms with van der Waals surface area (Å²) in [5, 5.41) is 7.36. The minimum absolute atomic E-state index is 0.0653. The monoisotopic (exact) mass is 244 g/mol. The number of hydrogen-bond donors (Lipinski definition) is 2. The second-order valence-corrected chi connectivity index (χ2v) is 4.70. The maximum absolute atomic E-state index is 11.1. The number of sulfonamides is 1. The van der Waals surface area contributed by atoms with Crippen molar-refractivity contribution in [3.63, 3.8) is 0 Å². The number of nitrogens with one attached hydrogen (secondary N) is 1. The van der Waals surface area contributed by atoms with Gasteiger partial charge in [0.05, 0.1) is 12.0 Å². The Morgan fingerprint density at radius 1 is 1.44 bits per heavy atom. The number of aryl methyl sites for hydroxylation is 1. The Labute approximate surface area is 93.5 Å². The van der Waals surface area contributed by atoms with Crippen molar-refractivity contribution in [2.75, 3.05) is 12.4 Å². The van der Waals surface area contributed by atoms with E-state index in [1.165, 1.54) is 19.2 Å². The number of primary sulfonamides is 1. The quantitative estimate of drug-likeness (QED) is 0.804. The molecule has 7 heteroatoms. The first-order valence-electron chi connectivity index (χ1n) is 4.33. The highest BCUT2D eigenvalue weighted by molar-refractivity contribution is 7.89. The topological polar surface area (TPSA) is 98.5 Å². The molecule has 0 aromatic heterocycles. The van der Waals surface area contributed by atoms with Gasteiger partial charge in [-0.25, -0.2) is 18.4 Å². The number of rotatable bonds is 2. The van der Waals surface area contributed by atoms with E-state index in [1.54, 1.807) is 13.0 Å². The van der Waals surface area contributed by atoms with E-state index in [4.69, 9.17) is 5.14 Å². The third kappa shape index (κ3) is 2.94. The Kier molecular flexibility index (Phi) is 3.51. The number of ether oxygens (including phenoxy) is 1. The van der Waals surface area contributed by atoms with Crippen LogP contribution in [0.15, 0.2) is 23.1 Å². The molecule has 0 unspecified atom stereocenters. The summed E-state index contributed by atoms with van der Waals surface area (Å²) in [5.74, 6) is 0. The molecule has 1 rings (SSSR count).